The summed E-state index contributed by atoms with van der Waals surface area (Å²) >= 11 is 1.60. The highest BCUT2D eigenvalue weighted by molar-refractivity contribution is 8.01. The number of fused-ring (bicyclic) bond motifs is 1. The van der Waals surface area contributed by atoms with Crippen LogP contribution in [0.15, 0.2) is 24.3 Å². The maximum Gasteiger partial charge on any atom is 0.330 e. The van der Waals surface area contributed by atoms with Crippen LogP contribution in [-0.2, 0) is 25.7 Å². The molecular weight excluding hydrogens is 366 g/mol. The van der Waals surface area contributed by atoms with Gasteiger partial charge in [0.05, 0.1) is 4.87 Å². The minimum atomic E-state index is -0.596. The van der Waals surface area contributed by atoms with Gasteiger partial charge in [-0.15, -0.1) is 11.8 Å². The summed E-state index contributed by atoms with van der Waals surface area (Å²) in [7, 11) is 3.93. The summed E-state index contributed by atoms with van der Waals surface area (Å²) in [6.45, 7) is 2.00. The predicted molar refractivity (Wildman–Crippen MR) is 104 cm³/mol. The molecule has 0 radical (unpaired) electrons. The van der Waals surface area contributed by atoms with Crippen molar-refractivity contribution in [3.63, 3.8) is 0 Å². The first-order chi connectivity index (χ1) is 12.8. The molecule has 0 saturated carbocycles. The number of anilines is 1. The van der Waals surface area contributed by atoms with Crippen molar-refractivity contribution in [2.24, 2.45) is 0 Å². The van der Waals surface area contributed by atoms with E-state index in [9.17, 15) is 14.4 Å². The van der Waals surface area contributed by atoms with Gasteiger partial charge >= 0.3 is 5.97 Å². The summed E-state index contributed by atoms with van der Waals surface area (Å²) in [4.78, 5) is 39.7. The molecule has 3 rings (SSSR count). The minimum Gasteiger partial charge on any atom is -0.454 e. The number of hydrogen-bond acceptors (Lipinski definition) is 6. The molecular formula is C19H25N3O4S. The molecule has 1 aromatic rings. The summed E-state index contributed by atoms with van der Waals surface area (Å²) < 4.78 is 5.16. The number of esters is 1. The Bertz CT molecular complexity index is 737. The van der Waals surface area contributed by atoms with Gasteiger partial charge in [-0.3, -0.25) is 9.59 Å². The molecule has 1 N–H and O–H groups in total. The van der Waals surface area contributed by atoms with Crippen LogP contribution in [-0.4, -0.2) is 60.1 Å². The monoisotopic (exact) mass is 391 g/mol. The van der Waals surface area contributed by atoms with Crippen LogP contribution in [0.2, 0.25) is 0 Å². The average Bonchev–Trinajstić information content (AvgIpc) is 3.14. The second kappa shape index (κ2) is 7.80. The Morgan fingerprint density at radius 3 is 2.70 bits per heavy atom. The second-order valence-electron chi connectivity index (χ2n) is 7.21. The lowest BCUT2D eigenvalue weighted by atomic mass is 10.2. The predicted octanol–water partition coefficient (Wildman–Crippen LogP) is 1.37. The zero-order chi connectivity index (χ0) is 19.6. The normalized spacial score (nSPS) is 23.9. The van der Waals surface area contributed by atoms with E-state index in [4.69, 9.17) is 4.74 Å². The summed E-state index contributed by atoms with van der Waals surface area (Å²) in [6.07, 6.45) is 1.20. The SMILES string of the molecule is CN(C)c1ccc(CNC(=O)COC(=O)[C@H]2CS[C@@]3(C)CCC(=O)N23)cc1. The molecule has 0 aliphatic carbocycles. The number of ether oxygens (including phenoxy) is 1. The fourth-order valence-electron chi connectivity index (χ4n) is 3.39. The van der Waals surface area contributed by atoms with Crippen molar-refractivity contribution in [3.05, 3.63) is 29.8 Å². The van der Waals surface area contributed by atoms with E-state index in [0.717, 1.165) is 17.7 Å². The van der Waals surface area contributed by atoms with Gasteiger partial charge in [0.15, 0.2) is 6.61 Å². The Labute approximate surface area is 163 Å². The first kappa shape index (κ1) is 19.5. The van der Waals surface area contributed by atoms with Crippen molar-refractivity contribution in [1.82, 2.24) is 10.2 Å². The number of nitrogens with one attached hydrogen (secondary N) is 1. The molecule has 7 nitrogen and oxygen atoms in total. The lowest BCUT2D eigenvalue weighted by molar-refractivity contribution is -0.156. The molecule has 2 heterocycles. The number of carbonyl (C=O) groups excluding carboxylic acids is 3. The van der Waals surface area contributed by atoms with Gasteiger partial charge in [0.25, 0.3) is 5.91 Å². The first-order valence-electron chi connectivity index (χ1n) is 8.96. The van der Waals surface area contributed by atoms with Crippen LogP contribution in [0.25, 0.3) is 0 Å². The van der Waals surface area contributed by atoms with Crippen molar-refractivity contribution in [2.45, 2.75) is 37.2 Å². The number of thioether (sulfide) groups is 1. The first-order valence-corrected chi connectivity index (χ1v) is 9.94. The molecule has 2 aliphatic heterocycles. The van der Waals surface area contributed by atoms with Crippen LogP contribution in [0.3, 0.4) is 0 Å². The fraction of sp³-hybridized carbons (Fsp3) is 0.526. The van der Waals surface area contributed by atoms with E-state index in [1.54, 1.807) is 16.7 Å². The van der Waals surface area contributed by atoms with Gasteiger partial charge in [-0.1, -0.05) is 12.1 Å². The summed E-state index contributed by atoms with van der Waals surface area (Å²) in [5.74, 6) is -0.371. The van der Waals surface area contributed by atoms with E-state index >= 15 is 0 Å². The average molecular weight is 391 g/mol. The third kappa shape index (κ3) is 4.21. The zero-order valence-corrected chi connectivity index (χ0v) is 16.7. The van der Waals surface area contributed by atoms with Crippen LogP contribution in [0.5, 0.6) is 0 Å². The highest BCUT2D eigenvalue weighted by Crippen LogP contribution is 2.47. The number of amides is 2. The summed E-state index contributed by atoms with van der Waals surface area (Å²) in [5.41, 5.74) is 2.04. The second-order valence-corrected chi connectivity index (χ2v) is 8.71. The largest absolute Gasteiger partial charge is 0.454 e. The van der Waals surface area contributed by atoms with Gasteiger partial charge < -0.3 is 19.9 Å². The Balaban J connectivity index is 1.45. The van der Waals surface area contributed by atoms with E-state index in [2.05, 4.69) is 5.32 Å². The van der Waals surface area contributed by atoms with Gasteiger partial charge in [0, 0.05) is 38.5 Å². The van der Waals surface area contributed by atoms with Crippen molar-refractivity contribution < 1.29 is 19.1 Å². The molecule has 0 unspecified atom stereocenters. The number of nitrogens with zero attached hydrogens (tertiary/aromatic N) is 2. The number of rotatable bonds is 6. The molecule has 2 aliphatic rings. The molecule has 1 aromatic carbocycles. The number of hydrogen-bond donors (Lipinski definition) is 1. The Hall–Kier alpha value is -2.22. The van der Waals surface area contributed by atoms with E-state index < -0.39 is 12.0 Å². The topological polar surface area (TPSA) is 79.0 Å². The highest BCUT2D eigenvalue weighted by Gasteiger charge is 2.53. The van der Waals surface area contributed by atoms with E-state index in [0.29, 0.717) is 18.7 Å². The molecule has 0 spiro atoms. The van der Waals surface area contributed by atoms with Crippen LogP contribution in [0.1, 0.15) is 25.3 Å². The minimum absolute atomic E-state index is 0.0185. The lowest BCUT2D eigenvalue weighted by Gasteiger charge is -2.29. The quantitative estimate of drug-likeness (QED) is 0.738. The summed E-state index contributed by atoms with van der Waals surface area (Å²) in [5, 5.41) is 2.74. The molecule has 2 fully saturated rings. The summed E-state index contributed by atoms with van der Waals surface area (Å²) in [6, 6.07) is 7.24. The Kier molecular flexibility index (Phi) is 5.64. The van der Waals surface area contributed by atoms with Crippen molar-refractivity contribution >= 4 is 35.2 Å². The number of benzene rings is 1. The Morgan fingerprint density at radius 1 is 1.33 bits per heavy atom. The van der Waals surface area contributed by atoms with E-state index in [1.165, 1.54) is 0 Å². The number of carbonyl (C=O) groups is 3. The van der Waals surface area contributed by atoms with Crippen molar-refractivity contribution in [3.8, 4) is 0 Å². The fourth-order valence-corrected chi connectivity index (χ4v) is 4.81. The van der Waals surface area contributed by atoms with Gasteiger partial charge in [-0.2, -0.15) is 0 Å². The molecule has 0 bridgehead atoms. The van der Waals surface area contributed by atoms with Crippen LogP contribution in [0, 0.1) is 0 Å². The Morgan fingerprint density at radius 2 is 2.04 bits per heavy atom. The maximum atomic E-state index is 12.3. The van der Waals surface area contributed by atoms with E-state index in [1.807, 2.05) is 50.2 Å². The standard InChI is InChI=1S/C19H25N3O4S/c1-19-9-8-17(24)22(19)15(12-27-19)18(25)26-11-16(23)20-10-13-4-6-14(7-5-13)21(2)3/h4-7,15H,8-12H2,1-3H3,(H,20,23)/t15-,19+/m1/s1. The van der Waals surface area contributed by atoms with Gasteiger partial charge in [-0.25, -0.2) is 4.79 Å². The third-order valence-electron chi connectivity index (χ3n) is 5.00. The third-order valence-corrected chi connectivity index (χ3v) is 6.51. The molecule has 27 heavy (non-hydrogen) atoms. The van der Waals surface area contributed by atoms with Crippen molar-refractivity contribution in [2.75, 3.05) is 31.4 Å². The van der Waals surface area contributed by atoms with Crippen LogP contribution >= 0.6 is 11.8 Å². The van der Waals surface area contributed by atoms with Crippen LogP contribution in [0.4, 0.5) is 5.69 Å². The zero-order valence-electron chi connectivity index (χ0n) is 15.9. The lowest BCUT2D eigenvalue weighted by Crippen LogP contribution is -2.47. The highest BCUT2D eigenvalue weighted by atomic mass is 32.2. The van der Waals surface area contributed by atoms with Gasteiger partial charge in [-0.05, 0) is 31.0 Å². The molecule has 146 valence electrons. The van der Waals surface area contributed by atoms with Crippen LogP contribution < -0.4 is 10.2 Å². The molecule has 2 atom stereocenters. The van der Waals surface area contributed by atoms with Crippen molar-refractivity contribution in [1.29, 1.82) is 0 Å². The molecule has 2 amide bonds. The molecule has 2 saturated heterocycles. The maximum absolute atomic E-state index is 12.3. The van der Waals surface area contributed by atoms with E-state index in [-0.39, 0.29) is 23.3 Å². The van der Waals surface area contributed by atoms with Gasteiger partial charge in [0.2, 0.25) is 5.91 Å². The molecule has 8 heteroatoms. The smallest absolute Gasteiger partial charge is 0.330 e. The van der Waals surface area contributed by atoms with Gasteiger partial charge in [0.1, 0.15) is 6.04 Å². The molecule has 0 aromatic heterocycles.